The Morgan fingerprint density at radius 2 is 1.70 bits per heavy atom. The summed E-state index contributed by atoms with van der Waals surface area (Å²) in [5.74, 6) is -0.307. The van der Waals surface area contributed by atoms with Crippen molar-refractivity contribution < 1.29 is 28.5 Å². The fourth-order valence-corrected chi connectivity index (χ4v) is 2.19. The van der Waals surface area contributed by atoms with E-state index in [-0.39, 0.29) is 29.1 Å². The van der Waals surface area contributed by atoms with E-state index >= 15 is 0 Å². The first-order valence-electron chi connectivity index (χ1n) is 8.15. The van der Waals surface area contributed by atoms with Gasteiger partial charge in [-0.3, -0.25) is 4.79 Å². The van der Waals surface area contributed by atoms with Gasteiger partial charge < -0.3 is 24.3 Å². The fourth-order valence-electron chi connectivity index (χ4n) is 2.19. The molecule has 0 radical (unpaired) electrons. The summed E-state index contributed by atoms with van der Waals surface area (Å²) in [6.07, 6.45) is 0.387. The predicted octanol–water partition coefficient (Wildman–Crippen LogP) is 1.97. The molecule has 0 aliphatic rings. The summed E-state index contributed by atoms with van der Waals surface area (Å²) < 4.78 is 20.5. The highest BCUT2D eigenvalue weighted by Gasteiger charge is 2.22. The van der Waals surface area contributed by atoms with E-state index in [2.05, 4.69) is 20.0 Å². The van der Waals surface area contributed by atoms with Crippen LogP contribution in [-0.4, -0.2) is 49.2 Å². The Kier molecular flexibility index (Phi) is 6.93. The minimum absolute atomic E-state index is 0.0496. The molecule has 0 saturated heterocycles. The molecule has 9 heteroatoms. The molecule has 1 N–H and O–H groups in total. The summed E-state index contributed by atoms with van der Waals surface area (Å²) in [5, 5.41) is 2.62. The lowest BCUT2D eigenvalue weighted by atomic mass is 10.1. The molecular weight excluding hydrogens is 354 g/mol. The lowest BCUT2D eigenvalue weighted by Crippen LogP contribution is -2.41. The molecule has 1 heterocycles. The van der Waals surface area contributed by atoms with E-state index < -0.39 is 17.9 Å². The zero-order valence-corrected chi connectivity index (χ0v) is 15.5. The average molecular weight is 375 g/mol. The van der Waals surface area contributed by atoms with Gasteiger partial charge in [0.1, 0.15) is 11.8 Å². The van der Waals surface area contributed by atoms with Gasteiger partial charge in [0, 0.05) is 0 Å². The minimum Gasteiger partial charge on any atom is -0.481 e. The molecule has 2 aromatic rings. The van der Waals surface area contributed by atoms with E-state index in [9.17, 15) is 9.59 Å². The summed E-state index contributed by atoms with van der Waals surface area (Å²) in [6, 6.07) is 7.20. The van der Waals surface area contributed by atoms with Crippen molar-refractivity contribution in [3.05, 3.63) is 35.9 Å². The summed E-state index contributed by atoms with van der Waals surface area (Å²) in [7, 11) is 4.16. The van der Waals surface area contributed by atoms with Crippen LogP contribution in [0.3, 0.4) is 0 Å². The molecule has 1 unspecified atom stereocenters. The summed E-state index contributed by atoms with van der Waals surface area (Å²) in [4.78, 5) is 32.5. The Hall–Kier alpha value is -3.36. The number of ether oxygens (including phenoxy) is 4. The van der Waals surface area contributed by atoms with Gasteiger partial charge in [0.25, 0.3) is 5.91 Å². The standard InChI is InChI=1S/C18H21N3O6/c1-5-12(17(23)26-4)19-16(22)11-8-6-7-9-13(11)27-18-20-14(24-2)10-15(21-18)25-3/h6-10,12H,5H2,1-4H3,(H,19,22). The van der Waals surface area contributed by atoms with Gasteiger partial charge in [0.05, 0.1) is 33.0 Å². The molecule has 0 aliphatic heterocycles. The van der Waals surface area contributed by atoms with Crippen LogP contribution in [0.2, 0.25) is 0 Å². The SMILES string of the molecule is CCC(NC(=O)c1ccccc1Oc1nc(OC)cc(OC)n1)C(=O)OC. The number of carbonyl (C=O) groups excluding carboxylic acids is 2. The van der Waals surface area contributed by atoms with Gasteiger partial charge in [-0.25, -0.2) is 4.79 Å². The zero-order chi connectivity index (χ0) is 19.8. The number of amides is 1. The molecular formula is C18H21N3O6. The Balaban J connectivity index is 2.28. The molecule has 1 amide bonds. The van der Waals surface area contributed by atoms with Crippen molar-refractivity contribution in [3.8, 4) is 23.5 Å². The van der Waals surface area contributed by atoms with Gasteiger partial charge in [-0.2, -0.15) is 9.97 Å². The maximum Gasteiger partial charge on any atom is 0.328 e. The number of methoxy groups -OCH3 is 3. The summed E-state index contributed by atoms with van der Waals surface area (Å²) in [5.41, 5.74) is 0.213. The molecule has 0 aliphatic carbocycles. The molecule has 27 heavy (non-hydrogen) atoms. The molecule has 1 aromatic heterocycles. The van der Waals surface area contributed by atoms with Crippen LogP contribution in [0.25, 0.3) is 0 Å². The third kappa shape index (κ3) is 5.06. The second-order valence-electron chi connectivity index (χ2n) is 5.29. The van der Waals surface area contributed by atoms with Crippen molar-refractivity contribution in [1.29, 1.82) is 0 Å². The second kappa shape index (κ2) is 9.37. The zero-order valence-electron chi connectivity index (χ0n) is 15.5. The van der Waals surface area contributed by atoms with Crippen LogP contribution in [0, 0.1) is 0 Å². The number of nitrogens with one attached hydrogen (secondary N) is 1. The van der Waals surface area contributed by atoms with E-state index in [1.807, 2.05) is 0 Å². The first kappa shape index (κ1) is 20.0. The molecule has 2 rings (SSSR count). The first-order chi connectivity index (χ1) is 13.0. The predicted molar refractivity (Wildman–Crippen MR) is 95.2 cm³/mol. The molecule has 0 saturated carbocycles. The molecule has 1 atom stereocenters. The highest BCUT2D eigenvalue weighted by Crippen LogP contribution is 2.26. The van der Waals surface area contributed by atoms with Crippen molar-refractivity contribution >= 4 is 11.9 Å². The quantitative estimate of drug-likeness (QED) is 0.698. The maximum absolute atomic E-state index is 12.6. The Morgan fingerprint density at radius 3 is 2.26 bits per heavy atom. The molecule has 0 fully saturated rings. The lowest BCUT2D eigenvalue weighted by Gasteiger charge is -2.16. The van der Waals surface area contributed by atoms with E-state index in [0.717, 1.165) is 0 Å². The van der Waals surface area contributed by atoms with Gasteiger partial charge >= 0.3 is 12.0 Å². The Labute approximate surface area is 156 Å². The number of rotatable bonds is 8. The van der Waals surface area contributed by atoms with Crippen LogP contribution in [0.15, 0.2) is 30.3 Å². The number of esters is 1. The van der Waals surface area contributed by atoms with Crippen LogP contribution in [0.1, 0.15) is 23.7 Å². The van der Waals surface area contributed by atoms with Gasteiger partial charge in [-0.1, -0.05) is 19.1 Å². The van der Waals surface area contributed by atoms with Crippen molar-refractivity contribution in [1.82, 2.24) is 15.3 Å². The van der Waals surface area contributed by atoms with Crippen molar-refractivity contribution in [2.75, 3.05) is 21.3 Å². The number of nitrogens with zero attached hydrogens (tertiary/aromatic N) is 2. The van der Waals surface area contributed by atoms with Gasteiger partial charge in [0.15, 0.2) is 0 Å². The summed E-state index contributed by atoms with van der Waals surface area (Å²) >= 11 is 0. The summed E-state index contributed by atoms with van der Waals surface area (Å²) in [6.45, 7) is 1.76. The smallest absolute Gasteiger partial charge is 0.328 e. The third-order valence-corrected chi connectivity index (χ3v) is 3.61. The number of para-hydroxylation sites is 1. The fraction of sp³-hybridized carbons (Fsp3) is 0.333. The van der Waals surface area contributed by atoms with Crippen LogP contribution in [-0.2, 0) is 9.53 Å². The number of benzene rings is 1. The molecule has 1 aromatic carbocycles. The van der Waals surface area contributed by atoms with Gasteiger partial charge in [0.2, 0.25) is 11.8 Å². The first-order valence-corrected chi connectivity index (χ1v) is 8.15. The van der Waals surface area contributed by atoms with E-state index in [0.29, 0.717) is 6.42 Å². The van der Waals surface area contributed by atoms with Crippen LogP contribution in [0.5, 0.6) is 23.5 Å². The Morgan fingerprint density at radius 1 is 1.07 bits per heavy atom. The van der Waals surface area contributed by atoms with Gasteiger partial charge in [-0.15, -0.1) is 0 Å². The minimum atomic E-state index is -0.760. The molecule has 9 nitrogen and oxygen atoms in total. The normalized spacial score (nSPS) is 11.3. The molecule has 0 spiro atoms. The highest BCUT2D eigenvalue weighted by molar-refractivity contribution is 5.99. The van der Waals surface area contributed by atoms with Gasteiger partial charge in [-0.05, 0) is 18.6 Å². The second-order valence-corrected chi connectivity index (χ2v) is 5.29. The number of carbonyl (C=O) groups is 2. The molecule has 144 valence electrons. The number of hydrogen-bond donors (Lipinski definition) is 1. The van der Waals surface area contributed by atoms with Crippen LogP contribution in [0.4, 0.5) is 0 Å². The largest absolute Gasteiger partial charge is 0.481 e. The van der Waals surface area contributed by atoms with E-state index in [4.69, 9.17) is 14.2 Å². The number of hydrogen-bond acceptors (Lipinski definition) is 8. The third-order valence-electron chi connectivity index (χ3n) is 3.61. The van der Waals surface area contributed by atoms with Crippen molar-refractivity contribution in [2.24, 2.45) is 0 Å². The maximum atomic E-state index is 12.6. The van der Waals surface area contributed by atoms with Crippen LogP contribution < -0.4 is 19.5 Å². The number of aromatic nitrogens is 2. The van der Waals surface area contributed by atoms with Crippen LogP contribution >= 0.6 is 0 Å². The van der Waals surface area contributed by atoms with Crippen molar-refractivity contribution in [2.45, 2.75) is 19.4 Å². The van der Waals surface area contributed by atoms with Crippen molar-refractivity contribution in [3.63, 3.8) is 0 Å². The monoisotopic (exact) mass is 375 g/mol. The highest BCUT2D eigenvalue weighted by atomic mass is 16.5. The topological polar surface area (TPSA) is 109 Å². The van der Waals surface area contributed by atoms with E-state index in [1.165, 1.54) is 27.4 Å². The Bertz CT molecular complexity index is 789. The average Bonchev–Trinajstić information content (AvgIpc) is 2.71. The van der Waals surface area contributed by atoms with E-state index in [1.54, 1.807) is 31.2 Å². The lowest BCUT2D eigenvalue weighted by molar-refractivity contribution is -0.142. The molecule has 0 bridgehead atoms.